The molecule has 0 aliphatic carbocycles. The number of hydrogen-bond acceptors (Lipinski definition) is 4. The minimum Gasteiger partial charge on any atom is -0.381 e. The van der Waals surface area contributed by atoms with Gasteiger partial charge >= 0.3 is 0 Å². The third-order valence-corrected chi connectivity index (χ3v) is 5.90. The van der Waals surface area contributed by atoms with E-state index in [2.05, 4.69) is 16.8 Å². The molecule has 2 heterocycles. The van der Waals surface area contributed by atoms with Crippen molar-refractivity contribution in [2.45, 2.75) is 53.0 Å². The number of nitrogens with zero attached hydrogens (tertiary/aromatic N) is 1. The van der Waals surface area contributed by atoms with Crippen LogP contribution in [0, 0.1) is 20.8 Å². The molecule has 3 N–H and O–H groups in total. The number of ether oxygens (including phenoxy) is 1. The summed E-state index contributed by atoms with van der Waals surface area (Å²) in [5, 5.41) is 0. The first-order valence-electron chi connectivity index (χ1n) is 10.3. The topological polar surface area (TPSA) is 88.4 Å². The van der Waals surface area contributed by atoms with E-state index in [1.54, 1.807) is 6.07 Å². The summed E-state index contributed by atoms with van der Waals surface area (Å²) in [4.78, 5) is 29.9. The number of anilines is 1. The zero-order chi connectivity index (χ0) is 21.1. The van der Waals surface area contributed by atoms with E-state index in [4.69, 9.17) is 10.5 Å². The van der Waals surface area contributed by atoms with E-state index < -0.39 is 5.91 Å². The third kappa shape index (κ3) is 4.37. The molecule has 1 aliphatic heterocycles. The lowest BCUT2D eigenvalue weighted by Gasteiger charge is -2.38. The molecule has 6 heteroatoms. The second-order valence-electron chi connectivity index (χ2n) is 7.86. The van der Waals surface area contributed by atoms with Crippen molar-refractivity contribution < 1.29 is 9.53 Å². The Morgan fingerprint density at radius 2 is 1.93 bits per heavy atom. The van der Waals surface area contributed by atoms with Gasteiger partial charge in [0.05, 0.1) is 0 Å². The summed E-state index contributed by atoms with van der Waals surface area (Å²) in [7, 11) is 0. The molecule has 1 saturated heterocycles. The highest BCUT2D eigenvalue weighted by molar-refractivity contribution is 5.96. The highest BCUT2D eigenvalue weighted by Crippen LogP contribution is 2.33. The number of rotatable bonds is 6. The van der Waals surface area contributed by atoms with Gasteiger partial charge in [-0.25, -0.2) is 0 Å². The van der Waals surface area contributed by atoms with Crippen molar-refractivity contribution in [2.24, 2.45) is 5.73 Å². The van der Waals surface area contributed by atoms with Crippen molar-refractivity contribution in [3.63, 3.8) is 0 Å². The third-order valence-electron chi connectivity index (χ3n) is 5.90. The first kappa shape index (κ1) is 21.1. The van der Waals surface area contributed by atoms with Crippen molar-refractivity contribution in [3.05, 3.63) is 62.1 Å². The zero-order valence-electron chi connectivity index (χ0n) is 17.8. The molecule has 0 bridgehead atoms. The van der Waals surface area contributed by atoms with Gasteiger partial charge in [0.25, 0.3) is 5.56 Å². The van der Waals surface area contributed by atoms with Crippen LogP contribution in [0.4, 0.5) is 5.69 Å². The van der Waals surface area contributed by atoms with Crippen molar-refractivity contribution >= 4 is 11.6 Å². The summed E-state index contributed by atoms with van der Waals surface area (Å²) in [6.45, 7) is 10.2. The molecular weight excluding hydrogens is 366 g/mol. The Hall–Kier alpha value is -2.60. The summed E-state index contributed by atoms with van der Waals surface area (Å²) in [6, 6.07) is 6.07. The Kier molecular flexibility index (Phi) is 6.42. The standard InChI is InChI=1S/C23H31N3O3/c1-5-26(18-8-10-29-11-9-18)21-16(4)19(22(24)27)7-6-17(21)13-20-14(2)12-15(3)25-23(20)28/h6-7,12,18H,5,8-11,13H2,1-4H3,(H2,24,27)(H,25,28). The first-order chi connectivity index (χ1) is 13.8. The number of hydrogen-bond donors (Lipinski definition) is 2. The van der Waals surface area contributed by atoms with Gasteiger partial charge in [0.1, 0.15) is 0 Å². The van der Waals surface area contributed by atoms with Crippen LogP contribution in [0.5, 0.6) is 0 Å². The molecule has 156 valence electrons. The highest BCUT2D eigenvalue weighted by atomic mass is 16.5. The molecule has 0 unspecified atom stereocenters. The van der Waals surface area contributed by atoms with Crippen LogP contribution in [0.1, 0.15) is 58.1 Å². The van der Waals surface area contributed by atoms with Gasteiger partial charge < -0.3 is 20.4 Å². The largest absolute Gasteiger partial charge is 0.381 e. The molecule has 0 radical (unpaired) electrons. The normalized spacial score (nSPS) is 14.8. The van der Waals surface area contributed by atoms with Gasteiger partial charge in [-0.1, -0.05) is 6.07 Å². The second kappa shape index (κ2) is 8.82. The minimum absolute atomic E-state index is 0.0563. The molecule has 0 saturated carbocycles. The number of aromatic amines is 1. The van der Waals surface area contributed by atoms with Gasteiger partial charge in [0.2, 0.25) is 5.91 Å². The Morgan fingerprint density at radius 1 is 1.24 bits per heavy atom. The summed E-state index contributed by atoms with van der Waals surface area (Å²) in [5.74, 6) is -0.428. The van der Waals surface area contributed by atoms with Crippen LogP contribution in [-0.4, -0.2) is 36.7 Å². The number of primary amides is 1. The predicted octanol–water partition coefficient (Wildman–Crippen LogP) is 3.00. The smallest absolute Gasteiger partial charge is 0.251 e. The fourth-order valence-corrected chi connectivity index (χ4v) is 4.45. The molecule has 0 atom stereocenters. The van der Waals surface area contributed by atoms with Crippen molar-refractivity contribution in [3.8, 4) is 0 Å². The van der Waals surface area contributed by atoms with E-state index >= 15 is 0 Å². The summed E-state index contributed by atoms with van der Waals surface area (Å²) in [6.07, 6.45) is 2.39. The Labute approximate surface area is 172 Å². The zero-order valence-corrected chi connectivity index (χ0v) is 17.8. The number of benzene rings is 1. The molecular formula is C23H31N3O3. The van der Waals surface area contributed by atoms with Crippen LogP contribution in [0.25, 0.3) is 0 Å². The van der Waals surface area contributed by atoms with Crippen LogP contribution >= 0.6 is 0 Å². The molecule has 29 heavy (non-hydrogen) atoms. The number of H-pyrrole nitrogens is 1. The van der Waals surface area contributed by atoms with Gasteiger partial charge in [-0.05, 0) is 69.4 Å². The predicted molar refractivity (Wildman–Crippen MR) is 116 cm³/mol. The molecule has 1 fully saturated rings. The monoisotopic (exact) mass is 397 g/mol. The summed E-state index contributed by atoms with van der Waals surface area (Å²) in [5.41, 5.74) is 11.6. The number of aromatic nitrogens is 1. The number of aryl methyl sites for hydroxylation is 2. The number of amides is 1. The van der Waals surface area contributed by atoms with Crippen molar-refractivity contribution in [1.82, 2.24) is 4.98 Å². The molecule has 2 aromatic rings. The van der Waals surface area contributed by atoms with Crippen LogP contribution in [0.2, 0.25) is 0 Å². The quantitative estimate of drug-likeness (QED) is 0.784. The Balaban J connectivity index is 2.13. The van der Waals surface area contributed by atoms with Crippen LogP contribution in [-0.2, 0) is 11.2 Å². The minimum atomic E-state index is -0.428. The number of nitrogens with two attached hydrogens (primary N) is 1. The molecule has 1 aromatic heterocycles. The van der Waals surface area contributed by atoms with E-state index in [1.807, 2.05) is 32.9 Å². The van der Waals surface area contributed by atoms with Gasteiger partial charge in [-0.3, -0.25) is 9.59 Å². The summed E-state index contributed by atoms with van der Waals surface area (Å²) >= 11 is 0. The maximum absolute atomic E-state index is 12.6. The van der Waals surface area contributed by atoms with Crippen molar-refractivity contribution in [1.29, 1.82) is 0 Å². The number of pyridine rings is 1. The molecule has 0 spiro atoms. The molecule has 3 rings (SSSR count). The number of carbonyl (C=O) groups excluding carboxylic acids is 1. The maximum Gasteiger partial charge on any atom is 0.251 e. The van der Waals surface area contributed by atoms with Gasteiger partial charge in [0, 0.05) is 54.7 Å². The van der Waals surface area contributed by atoms with Gasteiger partial charge in [-0.2, -0.15) is 0 Å². The van der Waals surface area contributed by atoms with E-state index in [0.717, 1.165) is 66.2 Å². The number of carbonyl (C=O) groups is 1. The van der Waals surface area contributed by atoms with E-state index in [0.29, 0.717) is 18.0 Å². The maximum atomic E-state index is 12.6. The van der Waals surface area contributed by atoms with E-state index in [-0.39, 0.29) is 5.56 Å². The SMILES string of the molecule is CCN(c1c(Cc2c(C)cc(C)[nH]c2=O)ccc(C(N)=O)c1C)C1CCOCC1. The van der Waals surface area contributed by atoms with E-state index in [1.165, 1.54) is 0 Å². The molecule has 1 aliphatic rings. The number of nitrogens with one attached hydrogen (secondary N) is 1. The lowest BCUT2D eigenvalue weighted by atomic mass is 9.93. The molecule has 1 aromatic carbocycles. The van der Waals surface area contributed by atoms with Crippen LogP contribution in [0.15, 0.2) is 23.0 Å². The average Bonchev–Trinajstić information content (AvgIpc) is 2.67. The highest BCUT2D eigenvalue weighted by Gasteiger charge is 2.26. The first-order valence-corrected chi connectivity index (χ1v) is 10.3. The lowest BCUT2D eigenvalue weighted by Crippen LogP contribution is -2.40. The van der Waals surface area contributed by atoms with Gasteiger partial charge in [0.15, 0.2) is 0 Å². The fourth-order valence-electron chi connectivity index (χ4n) is 4.45. The van der Waals surface area contributed by atoms with E-state index in [9.17, 15) is 9.59 Å². The summed E-state index contributed by atoms with van der Waals surface area (Å²) < 4.78 is 5.54. The fraction of sp³-hybridized carbons (Fsp3) is 0.478. The van der Waals surface area contributed by atoms with Gasteiger partial charge in [-0.15, -0.1) is 0 Å². The second-order valence-corrected chi connectivity index (χ2v) is 7.86. The lowest BCUT2D eigenvalue weighted by molar-refractivity contribution is 0.0845. The Bertz CT molecular complexity index is 959. The average molecular weight is 398 g/mol. The Morgan fingerprint density at radius 3 is 2.52 bits per heavy atom. The van der Waals surface area contributed by atoms with Crippen molar-refractivity contribution in [2.75, 3.05) is 24.7 Å². The molecule has 6 nitrogen and oxygen atoms in total. The van der Waals surface area contributed by atoms with Crippen LogP contribution in [0.3, 0.4) is 0 Å². The molecule has 1 amide bonds. The van der Waals surface area contributed by atoms with Crippen LogP contribution < -0.4 is 16.2 Å².